The number of rotatable bonds is 7. The number of carbonyl (C=O) groups excluding carboxylic acids is 2. The molecule has 0 saturated heterocycles. The predicted octanol–water partition coefficient (Wildman–Crippen LogP) is 6.04. The fourth-order valence-electron chi connectivity index (χ4n) is 3.57. The molecule has 0 saturated carbocycles. The molecule has 1 amide bonds. The molecular formula is C28H25ClN4O5. The number of halogens is 1. The van der Waals surface area contributed by atoms with Crippen molar-refractivity contribution in [2.75, 3.05) is 11.9 Å². The second kappa shape index (κ2) is 12.1. The first-order chi connectivity index (χ1) is 18.4. The van der Waals surface area contributed by atoms with Crippen LogP contribution in [0.25, 0.3) is 11.3 Å². The molecule has 0 aliphatic carbocycles. The summed E-state index contributed by atoms with van der Waals surface area (Å²) in [5, 5.41) is 11.4. The summed E-state index contributed by atoms with van der Waals surface area (Å²) in [7, 11) is 0. The van der Waals surface area contributed by atoms with E-state index in [0.29, 0.717) is 52.0 Å². The Kier molecular flexibility index (Phi) is 8.46. The van der Waals surface area contributed by atoms with Crippen molar-refractivity contribution in [2.45, 2.75) is 33.4 Å². The average molecular weight is 533 g/mol. The van der Waals surface area contributed by atoms with Crippen LogP contribution in [0.1, 0.15) is 47.1 Å². The highest BCUT2D eigenvalue weighted by molar-refractivity contribution is 6.31. The minimum Gasteiger partial charge on any atom is -0.462 e. The van der Waals surface area contributed by atoms with E-state index in [1.165, 1.54) is 6.20 Å². The number of nitrogens with one attached hydrogen (secondary N) is 1. The number of aryl methyl sites for hydroxylation is 1. The van der Waals surface area contributed by atoms with Gasteiger partial charge in [-0.1, -0.05) is 46.8 Å². The van der Waals surface area contributed by atoms with Gasteiger partial charge in [-0.3, -0.25) is 10.00 Å². The lowest BCUT2D eigenvalue weighted by atomic mass is 10.1. The highest BCUT2D eigenvalue weighted by atomic mass is 35.5. The number of aromatic nitrogens is 3. The van der Waals surface area contributed by atoms with E-state index in [2.05, 4.69) is 27.4 Å². The second-order valence-corrected chi connectivity index (χ2v) is 8.60. The van der Waals surface area contributed by atoms with Crippen molar-refractivity contribution in [3.05, 3.63) is 88.3 Å². The Morgan fingerprint density at radius 1 is 1.18 bits per heavy atom. The van der Waals surface area contributed by atoms with Crippen molar-refractivity contribution in [3.8, 4) is 23.2 Å². The van der Waals surface area contributed by atoms with Gasteiger partial charge in [0.25, 0.3) is 0 Å². The predicted molar refractivity (Wildman–Crippen MR) is 142 cm³/mol. The van der Waals surface area contributed by atoms with Gasteiger partial charge < -0.3 is 14.0 Å². The molecule has 0 spiro atoms. The minimum atomic E-state index is -0.655. The monoisotopic (exact) mass is 532 g/mol. The zero-order valence-corrected chi connectivity index (χ0v) is 21.8. The molecule has 2 heterocycles. The van der Waals surface area contributed by atoms with Gasteiger partial charge in [0.05, 0.1) is 18.4 Å². The van der Waals surface area contributed by atoms with Crippen LogP contribution in [-0.4, -0.2) is 33.6 Å². The number of hydrogen-bond donors (Lipinski definition) is 1. The molecule has 0 bridgehead atoms. The van der Waals surface area contributed by atoms with Crippen molar-refractivity contribution < 1.29 is 23.6 Å². The minimum absolute atomic E-state index is 0.303. The Morgan fingerprint density at radius 3 is 2.68 bits per heavy atom. The molecule has 9 nitrogen and oxygen atoms in total. The first kappa shape index (κ1) is 26.5. The Bertz CT molecular complexity index is 1500. The summed E-state index contributed by atoms with van der Waals surface area (Å²) < 4.78 is 17.5. The first-order valence-corrected chi connectivity index (χ1v) is 12.2. The van der Waals surface area contributed by atoms with Crippen molar-refractivity contribution in [3.63, 3.8) is 0 Å². The Labute approximate surface area is 224 Å². The summed E-state index contributed by atoms with van der Waals surface area (Å²) in [4.78, 5) is 24.4. The van der Waals surface area contributed by atoms with Crippen LogP contribution in [0, 0.1) is 18.8 Å². The standard InChI is InChI=1S/C28H25ClN4O5/c1-4-36-27(34)22-16-30-33(17-22)15-7-8-20-11-13-21(14-12-20)26-25(18(2)32-38-26)31-28(35)37-19(3)23-9-5-6-10-24(23)29/h5-6,9-14,16-17,19H,4,15H2,1-3H3,(H,31,35). The largest absolute Gasteiger partial charge is 0.462 e. The molecule has 10 heteroatoms. The highest BCUT2D eigenvalue weighted by Crippen LogP contribution is 2.32. The van der Waals surface area contributed by atoms with E-state index in [4.69, 9.17) is 25.6 Å². The van der Waals surface area contributed by atoms with E-state index >= 15 is 0 Å². The molecule has 1 N–H and O–H groups in total. The van der Waals surface area contributed by atoms with Gasteiger partial charge in [-0.25, -0.2) is 9.59 Å². The third-order valence-electron chi connectivity index (χ3n) is 5.48. The van der Waals surface area contributed by atoms with E-state index in [1.807, 2.05) is 36.4 Å². The molecule has 0 radical (unpaired) electrons. The maximum atomic E-state index is 12.6. The maximum absolute atomic E-state index is 12.6. The lowest BCUT2D eigenvalue weighted by molar-refractivity contribution is 0.0526. The molecule has 0 aliphatic rings. The Morgan fingerprint density at radius 2 is 1.95 bits per heavy atom. The van der Waals surface area contributed by atoms with Gasteiger partial charge in [0.2, 0.25) is 0 Å². The molecular weight excluding hydrogens is 508 g/mol. The van der Waals surface area contributed by atoms with Gasteiger partial charge in [-0.05, 0) is 51.1 Å². The molecule has 0 aliphatic heterocycles. The summed E-state index contributed by atoms with van der Waals surface area (Å²) in [5.41, 5.74) is 3.48. The number of esters is 1. The average Bonchev–Trinajstić information content (AvgIpc) is 3.52. The van der Waals surface area contributed by atoms with Crippen molar-refractivity contribution in [1.29, 1.82) is 0 Å². The van der Waals surface area contributed by atoms with Crippen LogP contribution in [0.4, 0.5) is 10.5 Å². The van der Waals surface area contributed by atoms with Crippen LogP contribution >= 0.6 is 11.6 Å². The molecule has 4 aromatic rings. The SMILES string of the molecule is CCOC(=O)c1cnn(CC#Cc2ccc(-c3onc(C)c3NC(=O)OC(C)c3ccccc3Cl)cc2)c1. The smallest absolute Gasteiger partial charge is 0.412 e. The van der Waals surface area contributed by atoms with Gasteiger partial charge in [0.15, 0.2) is 5.76 Å². The normalized spacial score (nSPS) is 11.3. The fourth-order valence-corrected chi connectivity index (χ4v) is 3.86. The second-order valence-electron chi connectivity index (χ2n) is 8.19. The van der Waals surface area contributed by atoms with Crippen LogP contribution in [0.3, 0.4) is 0 Å². The van der Waals surface area contributed by atoms with E-state index in [-0.39, 0.29) is 0 Å². The van der Waals surface area contributed by atoms with Crippen molar-refractivity contribution in [2.24, 2.45) is 0 Å². The van der Waals surface area contributed by atoms with E-state index in [9.17, 15) is 9.59 Å². The number of hydrogen-bond acceptors (Lipinski definition) is 7. The van der Waals surface area contributed by atoms with Gasteiger partial charge in [0.1, 0.15) is 24.0 Å². The van der Waals surface area contributed by atoms with Gasteiger partial charge in [-0.15, -0.1) is 0 Å². The zero-order valence-electron chi connectivity index (χ0n) is 21.0. The number of anilines is 1. The van der Waals surface area contributed by atoms with Crippen LogP contribution in [0.15, 0.2) is 65.4 Å². The summed E-state index contributed by atoms with van der Waals surface area (Å²) in [6.45, 7) is 5.83. The molecule has 2 aromatic heterocycles. The summed E-state index contributed by atoms with van der Waals surface area (Å²) in [6.07, 6.45) is 1.84. The van der Waals surface area contributed by atoms with Crippen LogP contribution in [-0.2, 0) is 16.0 Å². The lowest BCUT2D eigenvalue weighted by Gasteiger charge is -2.15. The van der Waals surface area contributed by atoms with Gasteiger partial charge >= 0.3 is 12.1 Å². The number of carbonyl (C=O) groups is 2. The van der Waals surface area contributed by atoms with Crippen LogP contribution in [0.2, 0.25) is 5.02 Å². The molecule has 0 fully saturated rings. The topological polar surface area (TPSA) is 108 Å². The van der Waals surface area contributed by atoms with Crippen molar-refractivity contribution in [1.82, 2.24) is 14.9 Å². The summed E-state index contributed by atoms with van der Waals surface area (Å²) in [5.74, 6) is 6.05. The lowest BCUT2D eigenvalue weighted by Crippen LogP contribution is -2.17. The molecule has 1 unspecified atom stereocenters. The van der Waals surface area contributed by atoms with Gasteiger partial charge in [0, 0.05) is 27.9 Å². The quantitative estimate of drug-likeness (QED) is 0.228. The third kappa shape index (κ3) is 6.41. The van der Waals surface area contributed by atoms with Crippen molar-refractivity contribution >= 4 is 29.4 Å². The van der Waals surface area contributed by atoms with E-state index < -0.39 is 18.2 Å². The molecule has 2 aromatic carbocycles. The molecule has 38 heavy (non-hydrogen) atoms. The summed E-state index contributed by atoms with van der Waals surface area (Å²) in [6, 6.07) is 14.5. The zero-order chi connectivity index (χ0) is 27.1. The highest BCUT2D eigenvalue weighted by Gasteiger charge is 2.20. The van der Waals surface area contributed by atoms with E-state index in [0.717, 1.165) is 5.56 Å². The number of amides is 1. The first-order valence-electron chi connectivity index (χ1n) is 11.8. The molecule has 194 valence electrons. The van der Waals surface area contributed by atoms with Crippen LogP contribution in [0.5, 0.6) is 0 Å². The third-order valence-corrected chi connectivity index (χ3v) is 5.83. The number of benzene rings is 2. The molecule has 4 rings (SSSR count). The number of nitrogens with zero attached hydrogens (tertiary/aromatic N) is 3. The summed E-state index contributed by atoms with van der Waals surface area (Å²) >= 11 is 6.21. The Balaban J connectivity index is 1.40. The fraction of sp³-hybridized carbons (Fsp3) is 0.214. The van der Waals surface area contributed by atoms with Gasteiger partial charge in [-0.2, -0.15) is 5.10 Å². The van der Waals surface area contributed by atoms with E-state index in [1.54, 1.807) is 43.8 Å². The Hall–Kier alpha value is -4.55. The van der Waals surface area contributed by atoms with Crippen LogP contribution < -0.4 is 5.32 Å². The maximum Gasteiger partial charge on any atom is 0.412 e. The molecule has 1 atom stereocenters. The number of ether oxygens (including phenoxy) is 2.